The lowest BCUT2D eigenvalue weighted by Crippen LogP contribution is -2.31. The van der Waals surface area contributed by atoms with Gasteiger partial charge in [-0.25, -0.2) is 9.86 Å². The van der Waals surface area contributed by atoms with Crippen LogP contribution in [0.15, 0.2) is 0 Å². The van der Waals surface area contributed by atoms with Gasteiger partial charge < -0.3 is 5.73 Å². The van der Waals surface area contributed by atoms with Crippen LogP contribution in [0.1, 0.15) is 19.8 Å². The first-order valence-corrected chi connectivity index (χ1v) is 5.48. The van der Waals surface area contributed by atoms with Crippen LogP contribution in [0.5, 0.6) is 0 Å². The predicted molar refractivity (Wildman–Crippen MR) is 48.6 cm³/mol. The van der Waals surface area contributed by atoms with Crippen molar-refractivity contribution in [2.24, 2.45) is 16.8 Å². The zero-order valence-electron chi connectivity index (χ0n) is 7.29. The number of nitrogens with one attached hydrogen (secondary N) is 1. The van der Waals surface area contributed by atoms with E-state index < -0.39 is 10.2 Å². The van der Waals surface area contributed by atoms with E-state index in [9.17, 15) is 8.42 Å². The minimum Gasteiger partial charge on any atom is -0.330 e. The second-order valence-corrected chi connectivity index (χ2v) is 4.30. The van der Waals surface area contributed by atoms with E-state index >= 15 is 0 Å². The van der Waals surface area contributed by atoms with Gasteiger partial charge in [0.2, 0.25) is 0 Å². The smallest absolute Gasteiger partial charge is 0.274 e. The first kappa shape index (κ1) is 11.8. The summed E-state index contributed by atoms with van der Waals surface area (Å²) < 4.78 is 23.0. The first-order chi connectivity index (χ1) is 5.45. The van der Waals surface area contributed by atoms with E-state index in [1.165, 1.54) is 0 Å². The van der Waals surface area contributed by atoms with E-state index in [-0.39, 0.29) is 0 Å². The average Bonchev–Trinajstić information content (AvgIpc) is 1.96. The fourth-order valence-corrected chi connectivity index (χ4v) is 1.21. The molecule has 5 N–H and O–H groups in total. The fraction of sp³-hybridized carbons (Fsp3) is 1.00. The highest BCUT2D eigenvalue weighted by atomic mass is 32.2. The molecule has 0 aromatic carbocycles. The molecule has 0 aromatic heterocycles. The topological polar surface area (TPSA) is 98.2 Å². The van der Waals surface area contributed by atoms with Gasteiger partial charge >= 0.3 is 0 Å². The molecule has 0 bridgehead atoms. The van der Waals surface area contributed by atoms with Crippen molar-refractivity contribution < 1.29 is 8.42 Å². The molecule has 0 aliphatic carbocycles. The van der Waals surface area contributed by atoms with E-state index in [1.807, 2.05) is 6.92 Å². The highest BCUT2D eigenvalue weighted by Gasteiger charge is 2.01. The van der Waals surface area contributed by atoms with Crippen molar-refractivity contribution in [1.82, 2.24) is 4.72 Å². The van der Waals surface area contributed by atoms with Crippen LogP contribution in [0, 0.1) is 5.92 Å². The zero-order chi connectivity index (χ0) is 9.61. The third-order valence-corrected chi connectivity index (χ3v) is 2.19. The van der Waals surface area contributed by atoms with Gasteiger partial charge in [0, 0.05) is 6.54 Å². The molecule has 0 saturated carbocycles. The summed E-state index contributed by atoms with van der Waals surface area (Å²) in [5.74, 6) is 0.437. The molecule has 6 heteroatoms. The fourth-order valence-electron chi connectivity index (χ4n) is 0.783. The van der Waals surface area contributed by atoms with Crippen LogP contribution in [-0.2, 0) is 10.2 Å². The van der Waals surface area contributed by atoms with E-state index in [0.717, 1.165) is 12.8 Å². The molecule has 0 spiro atoms. The van der Waals surface area contributed by atoms with Gasteiger partial charge in [-0.1, -0.05) is 6.92 Å². The third-order valence-electron chi connectivity index (χ3n) is 1.58. The number of hydrogen-bond acceptors (Lipinski definition) is 3. The standard InChI is InChI=1S/C6H17N3O2S/c1-6(5-7)3-2-4-9-12(8,10)11/h6,9H,2-5,7H2,1H3,(H2,8,10,11). The molecule has 0 radical (unpaired) electrons. The van der Waals surface area contributed by atoms with Crippen LogP contribution in [0.3, 0.4) is 0 Å². The predicted octanol–water partition coefficient (Wildman–Crippen LogP) is -0.845. The van der Waals surface area contributed by atoms with Crippen molar-refractivity contribution in [2.45, 2.75) is 19.8 Å². The van der Waals surface area contributed by atoms with Crippen LogP contribution < -0.4 is 15.6 Å². The van der Waals surface area contributed by atoms with Gasteiger partial charge in [-0.3, -0.25) is 0 Å². The van der Waals surface area contributed by atoms with Gasteiger partial charge in [0.1, 0.15) is 0 Å². The first-order valence-electron chi connectivity index (χ1n) is 3.93. The van der Waals surface area contributed by atoms with Crippen molar-refractivity contribution >= 4 is 10.2 Å². The van der Waals surface area contributed by atoms with Gasteiger partial charge in [0.05, 0.1) is 0 Å². The third kappa shape index (κ3) is 7.93. The summed E-state index contributed by atoms with van der Waals surface area (Å²) >= 11 is 0. The molecule has 0 aliphatic rings. The molecule has 0 saturated heterocycles. The van der Waals surface area contributed by atoms with Gasteiger partial charge in [0.25, 0.3) is 10.2 Å². The maximum atomic E-state index is 10.4. The lowest BCUT2D eigenvalue weighted by atomic mass is 10.1. The van der Waals surface area contributed by atoms with Crippen LogP contribution in [0.2, 0.25) is 0 Å². The Labute approximate surface area is 73.7 Å². The molecule has 1 unspecified atom stereocenters. The summed E-state index contributed by atoms with van der Waals surface area (Å²) in [6, 6.07) is 0. The van der Waals surface area contributed by atoms with Crippen molar-refractivity contribution in [3.05, 3.63) is 0 Å². The molecular weight excluding hydrogens is 178 g/mol. The van der Waals surface area contributed by atoms with Crippen molar-refractivity contribution in [1.29, 1.82) is 0 Å². The molecule has 5 nitrogen and oxygen atoms in total. The van der Waals surface area contributed by atoms with E-state index in [0.29, 0.717) is 19.0 Å². The van der Waals surface area contributed by atoms with E-state index in [4.69, 9.17) is 10.9 Å². The Morgan fingerprint density at radius 1 is 1.50 bits per heavy atom. The summed E-state index contributed by atoms with van der Waals surface area (Å²) in [5, 5.41) is 4.72. The molecule has 0 aliphatic heterocycles. The van der Waals surface area contributed by atoms with E-state index in [1.54, 1.807) is 0 Å². The highest BCUT2D eigenvalue weighted by Crippen LogP contribution is 2.01. The SMILES string of the molecule is CC(CN)CCCNS(N)(=O)=O. The average molecular weight is 195 g/mol. The van der Waals surface area contributed by atoms with Gasteiger partial charge in [-0.2, -0.15) is 8.42 Å². The van der Waals surface area contributed by atoms with Crippen LogP contribution in [0.4, 0.5) is 0 Å². The molecule has 0 heterocycles. The van der Waals surface area contributed by atoms with Crippen molar-refractivity contribution in [3.8, 4) is 0 Å². The lowest BCUT2D eigenvalue weighted by molar-refractivity contribution is 0.514. The van der Waals surface area contributed by atoms with E-state index in [2.05, 4.69) is 4.72 Å². The number of hydrogen-bond donors (Lipinski definition) is 3. The zero-order valence-corrected chi connectivity index (χ0v) is 8.10. The normalized spacial score (nSPS) is 14.6. The van der Waals surface area contributed by atoms with Crippen LogP contribution >= 0.6 is 0 Å². The highest BCUT2D eigenvalue weighted by molar-refractivity contribution is 7.87. The molecule has 0 amide bonds. The Kier molecular flexibility index (Phi) is 5.39. The summed E-state index contributed by atoms with van der Waals surface area (Å²) in [7, 11) is -3.51. The monoisotopic (exact) mass is 195 g/mol. The molecule has 0 fully saturated rings. The second kappa shape index (κ2) is 5.47. The second-order valence-electron chi connectivity index (χ2n) is 2.92. The van der Waals surface area contributed by atoms with Gasteiger partial charge in [-0.15, -0.1) is 0 Å². The Hall–Kier alpha value is -0.170. The van der Waals surface area contributed by atoms with Gasteiger partial charge in [0.15, 0.2) is 0 Å². The minimum atomic E-state index is -3.51. The summed E-state index contributed by atoms with van der Waals surface area (Å²) in [4.78, 5) is 0. The largest absolute Gasteiger partial charge is 0.330 e. The molecule has 74 valence electrons. The van der Waals surface area contributed by atoms with Crippen LogP contribution in [0.25, 0.3) is 0 Å². The maximum absolute atomic E-state index is 10.4. The Morgan fingerprint density at radius 2 is 2.08 bits per heavy atom. The number of rotatable bonds is 6. The lowest BCUT2D eigenvalue weighted by Gasteiger charge is -2.07. The molecule has 12 heavy (non-hydrogen) atoms. The van der Waals surface area contributed by atoms with Gasteiger partial charge in [-0.05, 0) is 25.3 Å². The number of nitrogens with two attached hydrogens (primary N) is 2. The maximum Gasteiger partial charge on any atom is 0.274 e. The quantitative estimate of drug-likeness (QED) is 0.482. The van der Waals surface area contributed by atoms with Crippen LogP contribution in [-0.4, -0.2) is 21.5 Å². The summed E-state index contributed by atoms with van der Waals surface area (Å²) in [6.45, 7) is 3.05. The summed E-state index contributed by atoms with van der Waals surface area (Å²) in [6.07, 6.45) is 1.69. The molecular formula is C6H17N3O2S. The Bertz CT molecular complexity index is 203. The Balaban J connectivity index is 3.34. The van der Waals surface area contributed by atoms with Crippen molar-refractivity contribution in [2.75, 3.05) is 13.1 Å². The molecule has 1 atom stereocenters. The summed E-state index contributed by atoms with van der Waals surface area (Å²) in [5.41, 5.74) is 5.38. The Morgan fingerprint density at radius 3 is 2.50 bits per heavy atom. The molecule has 0 rings (SSSR count). The molecule has 0 aromatic rings. The minimum absolute atomic E-state index is 0.392. The van der Waals surface area contributed by atoms with Crippen molar-refractivity contribution in [3.63, 3.8) is 0 Å².